The Morgan fingerprint density at radius 3 is 2.54 bits per heavy atom. The Morgan fingerprint density at radius 1 is 1.05 bits per heavy atom. The molecule has 0 N–H and O–H groups in total. The smallest absolute Gasteiger partial charge is 0.312 e. The van der Waals surface area contributed by atoms with Crippen molar-refractivity contribution < 1.29 is 14.6 Å². The number of nitro groups is 2. The molecule has 0 saturated heterocycles. The summed E-state index contributed by atoms with van der Waals surface area (Å²) in [7, 11) is 0. The zero-order chi connectivity index (χ0) is 26.7. The van der Waals surface area contributed by atoms with E-state index in [-0.39, 0.29) is 29.3 Å². The Bertz CT molecular complexity index is 1640. The van der Waals surface area contributed by atoms with Crippen molar-refractivity contribution in [3.63, 3.8) is 0 Å². The number of hydrogen-bond acceptors (Lipinski definition) is 8. The van der Waals surface area contributed by atoms with Crippen LogP contribution in [0.3, 0.4) is 0 Å². The monoisotopic (exact) mass is 629 g/mol. The van der Waals surface area contributed by atoms with Gasteiger partial charge in [-0.05, 0) is 29.8 Å². The minimum Gasteiger partial charge on any atom is -0.481 e. The quantitative estimate of drug-likeness (QED) is 0.137. The summed E-state index contributed by atoms with van der Waals surface area (Å²) in [5.41, 5.74) is 0.316. The molecule has 188 valence electrons. The van der Waals surface area contributed by atoms with Crippen molar-refractivity contribution in [3.8, 4) is 5.75 Å². The van der Waals surface area contributed by atoms with Crippen molar-refractivity contribution >= 4 is 60.4 Å². The van der Waals surface area contributed by atoms with Crippen LogP contribution in [0.1, 0.15) is 23.9 Å². The molecule has 0 amide bonds. The van der Waals surface area contributed by atoms with E-state index >= 15 is 0 Å². The molecule has 0 unspecified atom stereocenters. The fourth-order valence-electron chi connectivity index (χ4n) is 3.57. The third kappa shape index (κ3) is 5.73. The van der Waals surface area contributed by atoms with Gasteiger partial charge in [0.1, 0.15) is 12.4 Å². The van der Waals surface area contributed by atoms with Crippen LogP contribution < -0.4 is 10.3 Å². The molecule has 1 heterocycles. The lowest BCUT2D eigenvalue weighted by molar-refractivity contribution is -0.386. The van der Waals surface area contributed by atoms with E-state index < -0.39 is 15.4 Å². The maximum atomic E-state index is 13.2. The highest BCUT2D eigenvalue weighted by Crippen LogP contribution is 2.34. The summed E-state index contributed by atoms with van der Waals surface area (Å²) in [4.78, 5) is 39.4. The largest absolute Gasteiger partial charge is 0.481 e. The van der Waals surface area contributed by atoms with Gasteiger partial charge in [-0.3, -0.25) is 25.0 Å². The van der Waals surface area contributed by atoms with E-state index in [0.717, 1.165) is 4.68 Å². The normalized spacial score (nSPS) is 11.2. The third-order valence-corrected chi connectivity index (χ3v) is 6.22. The Hall–Kier alpha value is -3.97. The zero-order valence-electron chi connectivity index (χ0n) is 19.1. The summed E-state index contributed by atoms with van der Waals surface area (Å²) in [6, 6.07) is 13.8. The number of hydrogen-bond donors (Lipinski definition) is 0. The highest BCUT2D eigenvalue weighted by Gasteiger charge is 2.21. The van der Waals surface area contributed by atoms with Crippen LogP contribution in [0.15, 0.2) is 73.4 Å². The van der Waals surface area contributed by atoms with Gasteiger partial charge in [0, 0.05) is 39.1 Å². The molecule has 0 radical (unpaired) electrons. The summed E-state index contributed by atoms with van der Waals surface area (Å²) in [6.45, 7) is 1.66. The Labute approximate surface area is 226 Å². The van der Waals surface area contributed by atoms with Gasteiger partial charge in [-0.15, -0.1) is 0 Å². The lowest BCUT2D eigenvalue weighted by Crippen LogP contribution is -2.22. The van der Waals surface area contributed by atoms with Crippen molar-refractivity contribution in [2.45, 2.75) is 20.0 Å². The molecule has 0 aliphatic heterocycles. The van der Waals surface area contributed by atoms with Crippen LogP contribution in [0, 0.1) is 20.2 Å². The predicted molar refractivity (Wildman–Crippen MR) is 144 cm³/mol. The van der Waals surface area contributed by atoms with E-state index in [0.29, 0.717) is 37.7 Å². The fraction of sp³-hybridized carbons (Fsp3) is 0.125. The van der Waals surface area contributed by atoms with Gasteiger partial charge in [0.05, 0.1) is 27.0 Å². The minimum absolute atomic E-state index is 0.106. The van der Waals surface area contributed by atoms with Crippen LogP contribution in [0.4, 0.5) is 11.4 Å². The van der Waals surface area contributed by atoms with Crippen molar-refractivity contribution in [1.29, 1.82) is 0 Å². The summed E-state index contributed by atoms with van der Waals surface area (Å²) < 4.78 is 8.03. The summed E-state index contributed by atoms with van der Waals surface area (Å²) in [5.74, 6) is 0.297. The number of fused-ring (bicyclic) bond motifs is 1. The van der Waals surface area contributed by atoms with Crippen molar-refractivity contribution in [1.82, 2.24) is 9.66 Å². The average molecular weight is 631 g/mol. The summed E-state index contributed by atoms with van der Waals surface area (Å²) in [6.07, 6.45) is 1.69. The highest BCUT2D eigenvalue weighted by atomic mass is 79.9. The first-order valence-corrected chi connectivity index (χ1v) is 12.4. The first-order valence-electron chi connectivity index (χ1n) is 10.8. The van der Waals surface area contributed by atoms with Gasteiger partial charge in [0.25, 0.3) is 11.2 Å². The molecule has 0 bridgehead atoms. The number of aromatic nitrogens is 2. The first-order chi connectivity index (χ1) is 17.7. The molecule has 0 fully saturated rings. The lowest BCUT2D eigenvalue weighted by atomic mass is 10.1. The zero-order valence-corrected chi connectivity index (χ0v) is 22.3. The number of ether oxygens (including phenoxy) is 1. The van der Waals surface area contributed by atoms with Gasteiger partial charge >= 0.3 is 5.69 Å². The lowest BCUT2D eigenvalue weighted by Gasteiger charge is -2.11. The standard InChI is InChI=1S/C24H17Br2N5O6/c1-2-22-28-20-7-6-16(25)10-19(20)24(32)29(22)27-12-15-9-17(26)11-21(31(35)36)23(15)37-13-14-4-3-5-18(8-14)30(33)34/h3-12H,2,13H2,1H3. The van der Waals surface area contributed by atoms with Crippen molar-refractivity contribution in [2.75, 3.05) is 0 Å². The second-order valence-electron chi connectivity index (χ2n) is 7.72. The van der Waals surface area contributed by atoms with E-state index in [4.69, 9.17) is 4.74 Å². The Morgan fingerprint density at radius 2 is 1.84 bits per heavy atom. The molecule has 0 atom stereocenters. The Balaban J connectivity index is 1.79. The van der Waals surface area contributed by atoms with E-state index in [1.165, 1.54) is 30.5 Å². The molecule has 1 aromatic heterocycles. The molecule has 11 nitrogen and oxygen atoms in total. The molecular weight excluding hydrogens is 614 g/mol. The molecule has 4 rings (SSSR count). The minimum atomic E-state index is -0.608. The number of rotatable bonds is 8. The fourth-order valence-corrected chi connectivity index (χ4v) is 4.39. The molecule has 0 saturated carbocycles. The van der Waals surface area contributed by atoms with Crippen LogP contribution in [-0.2, 0) is 13.0 Å². The van der Waals surface area contributed by atoms with Crippen molar-refractivity contribution in [2.24, 2.45) is 5.10 Å². The predicted octanol–water partition coefficient (Wildman–Crippen LogP) is 5.76. The van der Waals surface area contributed by atoms with Crippen LogP contribution in [0.25, 0.3) is 10.9 Å². The average Bonchev–Trinajstić information content (AvgIpc) is 2.87. The molecule has 4 aromatic rings. The second-order valence-corrected chi connectivity index (χ2v) is 9.55. The number of benzene rings is 3. The number of nitrogens with zero attached hydrogens (tertiary/aromatic N) is 5. The van der Waals surface area contributed by atoms with Gasteiger partial charge in [-0.1, -0.05) is 50.9 Å². The molecular formula is C24H17Br2N5O6. The highest BCUT2D eigenvalue weighted by molar-refractivity contribution is 9.10. The first kappa shape index (κ1) is 26.1. The van der Waals surface area contributed by atoms with E-state index in [9.17, 15) is 25.0 Å². The molecule has 3 aromatic carbocycles. The van der Waals surface area contributed by atoms with Crippen molar-refractivity contribution in [3.05, 3.63) is 111 Å². The summed E-state index contributed by atoms with van der Waals surface area (Å²) in [5, 5.41) is 27.5. The van der Waals surface area contributed by atoms with Gasteiger partial charge in [-0.2, -0.15) is 9.78 Å². The number of non-ortho nitro benzene ring substituents is 1. The molecule has 37 heavy (non-hydrogen) atoms. The number of nitro benzene ring substituents is 2. The third-order valence-electron chi connectivity index (χ3n) is 5.27. The van der Waals surface area contributed by atoms with E-state index in [1.807, 2.05) is 6.92 Å². The van der Waals surface area contributed by atoms with Crippen LogP contribution in [0.2, 0.25) is 0 Å². The summed E-state index contributed by atoms with van der Waals surface area (Å²) >= 11 is 6.62. The number of aryl methyl sites for hydroxylation is 1. The van der Waals surface area contributed by atoms with Gasteiger partial charge in [0.2, 0.25) is 5.75 Å². The van der Waals surface area contributed by atoms with E-state index in [2.05, 4.69) is 41.9 Å². The van der Waals surface area contributed by atoms with Gasteiger partial charge < -0.3 is 4.74 Å². The number of halogens is 2. The van der Waals surface area contributed by atoms with Crippen LogP contribution >= 0.6 is 31.9 Å². The molecule has 0 aliphatic carbocycles. The van der Waals surface area contributed by atoms with E-state index in [1.54, 1.807) is 30.3 Å². The van der Waals surface area contributed by atoms with Gasteiger partial charge in [0.15, 0.2) is 0 Å². The Kier molecular flexibility index (Phi) is 7.74. The van der Waals surface area contributed by atoms with Crippen LogP contribution in [0.5, 0.6) is 5.75 Å². The van der Waals surface area contributed by atoms with Crippen LogP contribution in [-0.4, -0.2) is 25.7 Å². The molecule has 0 aliphatic rings. The SMILES string of the molecule is CCc1nc2ccc(Br)cc2c(=O)n1N=Cc1cc(Br)cc([N+](=O)[O-])c1OCc1cccc([N+](=O)[O-])c1. The van der Waals surface area contributed by atoms with Gasteiger partial charge in [-0.25, -0.2) is 4.98 Å². The topological polar surface area (TPSA) is 143 Å². The molecule has 0 spiro atoms. The maximum Gasteiger partial charge on any atom is 0.312 e. The maximum absolute atomic E-state index is 13.2. The molecule has 13 heteroatoms. The second kappa shape index (κ2) is 11.0.